The van der Waals surface area contributed by atoms with Crippen molar-refractivity contribution >= 4 is 21.9 Å². The summed E-state index contributed by atoms with van der Waals surface area (Å²) in [4.78, 5) is 15.6. The van der Waals surface area contributed by atoms with Gasteiger partial charge in [-0.15, -0.1) is 0 Å². The Morgan fingerprint density at radius 1 is 0.385 bits per heavy atom. The van der Waals surface area contributed by atoms with Gasteiger partial charge in [0.25, 0.3) is 0 Å². The molecule has 2 heterocycles. The first-order valence-corrected chi connectivity index (χ1v) is 17.7. The van der Waals surface area contributed by atoms with Gasteiger partial charge in [0.2, 0.25) is 0 Å². The van der Waals surface area contributed by atoms with Gasteiger partial charge < -0.3 is 4.42 Å². The molecule has 0 unspecified atom stereocenters. The topological polar surface area (TPSA) is 51.8 Å². The van der Waals surface area contributed by atoms with Crippen molar-refractivity contribution in [3.63, 3.8) is 0 Å². The van der Waals surface area contributed by atoms with Crippen molar-refractivity contribution in [2.75, 3.05) is 0 Å². The standard InChI is InChI=1S/C48H33N3O/c1-48(2)40-22-12-11-19-36(40)37-26-24-32(28-41(37)48)45-49-46(51-47(50-45)38-20-10-9-18-34(38)30-14-5-3-6-15-30)33-25-27-39-43(29-33)52-42-23-13-21-35(44(39)42)31-16-7-4-8-17-31/h3-29H,1-2H3. The van der Waals surface area contributed by atoms with Crippen LogP contribution in [0.15, 0.2) is 168 Å². The largest absolute Gasteiger partial charge is 0.456 e. The zero-order valence-electron chi connectivity index (χ0n) is 28.8. The summed E-state index contributed by atoms with van der Waals surface area (Å²) in [5.74, 6) is 1.85. The van der Waals surface area contributed by atoms with E-state index in [1.54, 1.807) is 0 Å². The smallest absolute Gasteiger partial charge is 0.164 e. The van der Waals surface area contributed by atoms with Crippen molar-refractivity contribution in [3.8, 4) is 67.5 Å². The fourth-order valence-electron chi connectivity index (χ4n) is 7.97. The molecule has 1 aliphatic rings. The SMILES string of the molecule is CC1(C)c2ccccc2-c2ccc(-c3nc(-c4ccc5c(c4)oc4cccc(-c6ccccc6)c45)nc(-c4ccccc4-c4ccccc4)n3)cc21. The molecule has 0 aliphatic heterocycles. The molecule has 10 rings (SSSR count). The predicted molar refractivity (Wildman–Crippen MR) is 212 cm³/mol. The molecule has 0 atom stereocenters. The third-order valence-electron chi connectivity index (χ3n) is 10.6. The maximum atomic E-state index is 6.52. The Labute approximate surface area is 302 Å². The van der Waals surface area contributed by atoms with Gasteiger partial charge in [0, 0.05) is 32.9 Å². The van der Waals surface area contributed by atoms with E-state index in [0.717, 1.165) is 60.9 Å². The zero-order chi connectivity index (χ0) is 34.8. The van der Waals surface area contributed by atoms with Crippen molar-refractivity contribution in [1.29, 1.82) is 0 Å². The zero-order valence-corrected chi connectivity index (χ0v) is 28.8. The molecule has 4 heteroatoms. The highest BCUT2D eigenvalue weighted by molar-refractivity contribution is 6.13. The van der Waals surface area contributed by atoms with Gasteiger partial charge >= 0.3 is 0 Å². The third-order valence-corrected chi connectivity index (χ3v) is 10.6. The molecule has 0 spiro atoms. The summed E-state index contributed by atoms with van der Waals surface area (Å²) in [5, 5.41) is 2.16. The molecular weight excluding hydrogens is 635 g/mol. The summed E-state index contributed by atoms with van der Waals surface area (Å²) in [5.41, 5.74) is 13.9. The summed E-state index contributed by atoms with van der Waals surface area (Å²) in [7, 11) is 0. The number of fused-ring (bicyclic) bond motifs is 6. The predicted octanol–water partition coefficient (Wildman–Crippen LogP) is 12.4. The quantitative estimate of drug-likeness (QED) is 0.183. The molecule has 2 aromatic heterocycles. The number of nitrogens with zero attached hydrogens (tertiary/aromatic N) is 3. The molecule has 0 radical (unpaired) electrons. The second-order valence-electron chi connectivity index (χ2n) is 14.0. The number of furan rings is 1. The van der Waals surface area contributed by atoms with E-state index in [1.807, 2.05) is 24.3 Å². The van der Waals surface area contributed by atoms with Crippen LogP contribution in [0.2, 0.25) is 0 Å². The fraction of sp³-hybridized carbons (Fsp3) is 0.0625. The second kappa shape index (κ2) is 11.7. The summed E-state index contributed by atoms with van der Waals surface area (Å²) >= 11 is 0. The second-order valence-corrected chi connectivity index (χ2v) is 14.0. The average molecular weight is 668 g/mol. The average Bonchev–Trinajstić information content (AvgIpc) is 3.69. The first-order valence-electron chi connectivity index (χ1n) is 17.7. The highest BCUT2D eigenvalue weighted by atomic mass is 16.3. The van der Waals surface area contributed by atoms with Crippen LogP contribution in [0.25, 0.3) is 89.5 Å². The molecule has 246 valence electrons. The fourth-order valence-corrected chi connectivity index (χ4v) is 7.97. The Balaban J connectivity index is 1.17. The Morgan fingerprint density at radius 3 is 1.69 bits per heavy atom. The van der Waals surface area contributed by atoms with E-state index >= 15 is 0 Å². The molecule has 0 fully saturated rings. The van der Waals surface area contributed by atoms with E-state index in [1.165, 1.54) is 22.3 Å². The lowest BCUT2D eigenvalue weighted by atomic mass is 9.82. The number of benzene rings is 7. The van der Waals surface area contributed by atoms with Crippen LogP contribution in [-0.2, 0) is 5.41 Å². The summed E-state index contributed by atoms with van der Waals surface area (Å²) in [6.45, 7) is 4.60. The maximum Gasteiger partial charge on any atom is 0.164 e. The molecule has 0 amide bonds. The van der Waals surface area contributed by atoms with Crippen molar-refractivity contribution in [3.05, 3.63) is 175 Å². The van der Waals surface area contributed by atoms with Crippen molar-refractivity contribution in [1.82, 2.24) is 15.0 Å². The van der Waals surface area contributed by atoms with E-state index in [4.69, 9.17) is 19.4 Å². The van der Waals surface area contributed by atoms with Crippen molar-refractivity contribution in [2.45, 2.75) is 19.3 Å². The molecule has 0 saturated heterocycles. The number of aromatic nitrogens is 3. The van der Waals surface area contributed by atoms with Crippen LogP contribution in [-0.4, -0.2) is 15.0 Å². The first-order chi connectivity index (χ1) is 25.5. The number of hydrogen-bond donors (Lipinski definition) is 0. The van der Waals surface area contributed by atoms with Crippen LogP contribution in [0.5, 0.6) is 0 Å². The first kappa shape index (κ1) is 30.2. The number of hydrogen-bond acceptors (Lipinski definition) is 4. The van der Waals surface area contributed by atoms with Gasteiger partial charge in [-0.25, -0.2) is 15.0 Å². The molecule has 0 bridgehead atoms. The molecule has 52 heavy (non-hydrogen) atoms. The van der Waals surface area contributed by atoms with E-state index < -0.39 is 0 Å². The molecule has 9 aromatic rings. The summed E-state index contributed by atoms with van der Waals surface area (Å²) in [6.07, 6.45) is 0. The number of rotatable bonds is 5. The minimum absolute atomic E-state index is 0.147. The van der Waals surface area contributed by atoms with Crippen molar-refractivity contribution < 1.29 is 4.42 Å². The summed E-state index contributed by atoms with van der Waals surface area (Å²) in [6, 6.07) is 57.1. The Hall–Kier alpha value is -6.65. The van der Waals surface area contributed by atoms with Gasteiger partial charge in [0.05, 0.1) is 0 Å². The highest BCUT2D eigenvalue weighted by Gasteiger charge is 2.35. The maximum absolute atomic E-state index is 6.52. The lowest BCUT2D eigenvalue weighted by molar-refractivity contribution is 0.660. The summed E-state index contributed by atoms with van der Waals surface area (Å²) < 4.78 is 6.52. The van der Waals surface area contributed by atoms with Crippen LogP contribution in [0.1, 0.15) is 25.0 Å². The highest BCUT2D eigenvalue weighted by Crippen LogP contribution is 2.49. The molecule has 4 nitrogen and oxygen atoms in total. The monoisotopic (exact) mass is 667 g/mol. The van der Waals surface area contributed by atoms with Crippen LogP contribution in [0.4, 0.5) is 0 Å². The third kappa shape index (κ3) is 4.79. The van der Waals surface area contributed by atoms with Gasteiger partial charge in [0.1, 0.15) is 11.2 Å². The van der Waals surface area contributed by atoms with Crippen LogP contribution in [0, 0.1) is 0 Å². The lowest BCUT2D eigenvalue weighted by Crippen LogP contribution is -2.15. The van der Waals surface area contributed by atoms with E-state index in [-0.39, 0.29) is 5.41 Å². The molecular formula is C48H33N3O. The Morgan fingerprint density at radius 2 is 0.942 bits per heavy atom. The van der Waals surface area contributed by atoms with Crippen molar-refractivity contribution in [2.24, 2.45) is 0 Å². The molecule has 7 aromatic carbocycles. The van der Waals surface area contributed by atoms with Crippen LogP contribution >= 0.6 is 0 Å². The Kier molecular flexibility index (Phi) is 6.80. The Bertz CT molecular complexity index is 2820. The molecule has 1 aliphatic carbocycles. The van der Waals surface area contributed by atoms with Gasteiger partial charge in [-0.05, 0) is 68.8 Å². The van der Waals surface area contributed by atoms with E-state index in [0.29, 0.717) is 17.5 Å². The van der Waals surface area contributed by atoms with E-state index in [9.17, 15) is 0 Å². The van der Waals surface area contributed by atoms with Gasteiger partial charge in [-0.1, -0.05) is 153 Å². The molecule has 0 saturated carbocycles. The lowest BCUT2D eigenvalue weighted by Gasteiger charge is -2.21. The van der Waals surface area contributed by atoms with Crippen LogP contribution in [0.3, 0.4) is 0 Å². The normalized spacial score (nSPS) is 13.0. The minimum Gasteiger partial charge on any atom is -0.456 e. The van der Waals surface area contributed by atoms with Gasteiger partial charge in [-0.2, -0.15) is 0 Å². The van der Waals surface area contributed by atoms with E-state index in [2.05, 4.69) is 153 Å². The van der Waals surface area contributed by atoms with Gasteiger partial charge in [-0.3, -0.25) is 0 Å². The van der Waals surface area contributed by atoms with Crippen LogP contribution < -0.4 is 0 Å². The molecule has 0 N–H and O–H groups in total. The van der Waals surface area contributed by atoms with Gasteiger partial charge in [0.15, 0.2) is 17.5 Å². The minimum atomic E-state index is -0.147.